The van der Waals surface area contributed by atoms with Crippen molar-refractivity contribution in [3.05, 3.63) is 39.4 Å². The molecule has 1 aliphatic heterocycles. The number of thioether (sulfide) groups is 1. The zero-order valence-corrected chi connectivity index (χ0v) is 14.2. The summed E-state index contributed by atoms with van der Waals surface area (Å²) in [7, 11) is 0. The second-order valence-corrected chi connectivity index (χ2v) is 7.24. The van der Waals surface area contributed by atoms with Crippen molar-refractivity contribution in [1.82, 2.24) is 10.2 Å². The number of nitrogens with zero attached hydrogens (tertiary/aromatic N) is 2. The summed E-state index contributed by atoms with van der Waals surface area (Å²) in [4.78, 5) is 37.0. The van der Waals surface area contributed by atoms with Crippen LogP contribution in [0, 0.1) is 23.0 Å². The average Bonchev–Trinajstić information content (AvgIpc) is 3.25. The SMILES string of the molecule is Cc1cc(C(=O)N2CSC[C@@H]2C(=O)NCC2CC2)ccc1[N+](=O)[O-]. The highest BCUT2D eigenvalue weighted by Gasteiger charge is 2.36. The molecule has 0 bridgehead atoms. The maximum absolute atomic E-state index is 12.7. The van der Waals surface area contributed by atoms with E-state index in [1.165, 1.54) is 30.0 Å². The fourth-order valence-electron chi connectivity index (χ4n) is 2.70. The Morgan fingerprint density at radius 1 is 1.42 bits per heavy atom. The minimum absolute atomic E-state index is 0.0129. The van der Waals surface area contributed by atoms with E-state index in [0.29, 0.717) is 35.2 Å². The van der Waals surface area contributed by atoms with Crippen molar-refractivity contribution in [2.24, 2.45) is 5.92 Å². The van der Waals surface area contributed by atoms with Crippen molar-refractivity contribution in [1.29, 1.82) is 0 Å². The van der Waals surface area contributed by atoms with Gasteiger partial charge >= 0.3 is 0 Å². The number of carbonyl (C=O) groups is 2. The van der Waals surface area contributed by atoms with Crippen LogP contribution in [0.2, 0.25) is 0 Å². The third-order valence-electron chi connectivity index (χ3n) is 4.35. The molecule has 7 nitrogen and oxygen atoms in total. The summed E-state index contributed by atoms with van der Waals surface area (Å²) in [5.74, 6) is 1.25. The zero-order chi connectivity index (χ0) is 17.3. The largest absolute Gasteiger partial charge is 0.354 e. The molecule has 1 saturated carbocycles. The standard InChI is InChI=1S/C16H19N3O4S/c1-10-6-12(4-5-13(10)19(22)23)16(21)18-9-24-8-14(18)15(20)17-7-11-2-3-11/h4-6,11,14H,2-3,7-9H2,1H3,(H,17,20)/t14-/m1/s1. The second kappa shape index (κ2) is 6.80. The number of aryl methyl sites for hydroxylation is 1. The van der Waals surface area contributed by atoms with E-state index in [0.717, 1.165) is 12.8 Å². The Hall–Kier alpha value is -2.09. The first-order valence-electron chi connectivity index (χ1n) is 7.89. The lowest BCUT2D eigenvalue weighted by molar-refractivity contribution is -0.385. The molecule has 3 rings (SSSR count). The summed E-state index contributed by atoms with van der Waals surface area (Å²) in [6.45, 7) is 2.28. The van der Waals surface area contributed by atoms with Gasteiger partial charge in [0, 0.05) is 29.5 Å². The third-order valence-corrected chi connectivity index (χ3v) is 5.36. The zero-order valence-electron chi connectivity index (χ0n) is 13.4. The molecule has 1 atom stereocenters. The Morgan fingerprint density at radius 3 is 2.79 bits per heavy atom. The molecule has 0 aromatic heterocycles. The smallest absolute Gasteiger partial charge is 0.272 e. The lowest BCUT2D eigenvalue weighted by Crippen LogP contribution is -2.47. The highest BCUT2D eigenvalue weighted by atomic mass is 32.2. The normalized spacial score (nSPS) is 20.0. The number of carbonyl (C=O) groups excluding carboxylic acids is 2. The Morgan fingerprint density at radius 2 is 2.17 bits per heavy atom. The van der Waals surface area contributed by atoms with Crippen LogP contribution in [0.1, 0.15) is 28.8 Å². The Bertz CT molecular complexity index is 690. The van der Waals surface area contributed by atoms with Crippen molar-refractivity contribution >= 4 is 29.3 Å². The molecule has 2 fully saturated rings. The monoisotopic (exact) mass is 349 g/mol. The van der Waals surface area contributed by atoms with Crippen LogP contribution in [0.5, 0.6) is 0 Å². The Labute approximate surface area is 143 Å². The van der Waals surface area contributed by atoms with Crippen LogP contribution in [0.4, 0.5) is 5.69 Å². The molecule has 1 saturated heterocycles. The van der Waals surface area contributed by atoms with Crippen LogP contribution in [-0.2, 0) is 4.79 Å². The van der Waals surface area contributed by atoms with E-state index >= 15 is 0 Å². The molecule has 2 aliphatic rings. The molecule has 0 unspecified atom stereocenters. The highest BCUT2D eigenvalue weighted by Crippen LogP contribution is 2.28. The topological polar surface area (TPSA) is 92.6 Å². The summed E-state index contributed by atoms with van der Waals surface area (Å²) in [6.07, 6.45) is 2.31. The van der Waals surface area contributed by atoms with Crippen LogP contribution in [0.25, 0.3) is 0 Å². The number of nitro groups is 1. The number of nitro benzene ring substituents is 1. The number of amides is 2. The summed E-state index contributed by atoms with van der Waals surface area (Å²) in [5, 5.41) is 13.8. The molecule has 2 amide bonds. The van der Waals surface area contributed by atoms with Gasteiger partial charge in [-0.2, -0.15) is 0 Å². The van der Waals surface area contributed by atoms with Crippen LogP contribution in [0.3, 0.4) is 0 Å². The van der Waals surface area contributed by atoms with Gasteiger partial charge in [-0.15, -0.1) is 11.8 Å². The molecule has 128 valence electrons. The number of nitrogens with one attached hydrogen (secondary N) is 1. The molecule has 0 radical (unpaired) electrons. The molecule has 1 aromatic carbocycles. The van der Waals surface area contributed by atoms with Gasteiger partial charge in [0.2, 0.25) is 5.91 Å². The van der Waals surface area contributed by atoms with Crippen molar-refractivity contribution < 1.29 is 14.5 Å². The van der Waals surface area contributed by atoms with Gasteiger partial charge in [-0.25, -0.2) is 0 Å². The first-order chi connectivity index (χ1) is 11.5. The average molecular weight is 349 g/mol. The molecule has 1 aliphatic carbocycles. The van der Waals surface area contributed by atoms with Crippen LogP contribution in [0.15, 0.2) is 18.2 Å². The summed E-state index contributed by atoms with van der Waals surface area (Å²) < 4.78 is 0. The number of hydrogen-bond acceptors (Lipinski definition) is 5. The van der Waals surface area contributed by atoms with E-state index in [1.807, 2.05) is 0 Å². The van der Waals surface area contributed by atoms with Crippen LogP contribution in [-0.4, -0.2) is 45.9 Å². The van der Waals surface area contributed by atoms with E-state index in [2.05, 4.69) is 5.32 Å². The maximum atomic E-state index is 12.7. The lowest BCUT2D eigenvalue weighted by Gasteiger charge is -2.23. The fourth-order valence-corrected chi connectivity index (χ4v) is 3.86. The molecule has 0 spiro atoms. The van der Waals surface area contributed by atoms with E-state index < -0.39 is 11.0 Å². The van der Waals surface area contributed by atoms with Gasteiger partial charge in [-0.3, -0.25) is 19.7 Å². The Balaban J connectivity index is 1.71. The van der Waals surface area contributed by atoms with E-state index in [-0.39, 0.29) is 17.5 Å². The molecule has 1 heterocycles. The minimum Gasteiger partial charge on any atom is -0.354 e. The van der Waals surface area contributed by atoms with E-state index in [4.69, 9.17) is 0 Å². The molecule has 1 aromatic rings. The lowest BCUT2D eigenvalue weighted by atomic mass is 10.1. The second-order valence-electron chi connectivity index (χ2n) is 6.24. The van der Waals surface area contributed by atoms with Crippen molar-refractivity contribution in [3.63, 3.8) is 0 Å². The van der Waals surface area contributed by atoms with Crippen molar-refractivity contribution in [2.45, 2.75) is 25.8 Å². The third kappa shape index (κ3) is 3.53. The van der Waals surface area contributed by atoms with Crippen LogP contribution >= 0.6 is 11.8 Å². The van der Waals surface area contributed by atoms with E-state index in [1.54, 1.807) is 11.8 Å². The molecular weight excluding hydrogens is 330 g/mol. The molecule has 8 heteroatoms. The molecular formula is C16H19N3O4S. The number of benzene rings is 1. The number of hydrogen-bond donors (Lipinski definition) is 1. The minimum atomic E-state index is -0.475. The van der Waals surface area contributed by atoms with Gasteiger partial charge in [0.25, 0.3) is 11.6 Å². The van der Waals surface area contributed by atoms with Gasteiger partial charge in [-0.05, 0) is 37.8 Å². The first-order valence-corrected chi connectivity index (χ1v) is 9.04. The van der Waals surface area contributed by atoms with Gasteiger partial charge in [-0.1, -0.05) is 0 Å². The van der Waals surface area contributed by atoms with Crippen molar-refractivity contribution in [2.75, 3.05) is 18.2 Å². The summed E-state index contributed by atoms with van der Waals surface area (Å²) >= 11 is 1.54. The van der Waals surface area contributed by atoms with Gasteiger partial charge in [0.05, 0.1) is 10.8 Å². The van der Waals surface area contributed by atoms with Gasteiger partial charge < -0.3 is 10.2 Å². The first kappa shape index (κ1) is 16.8. The van der Waals surface area contributed by atoms with E-state index in [9.17, 15) is 19.7 Å². The van der Waals surface area contributed by atoms with Crippen LogP contribution < -0.4 is 5.32 Å². The molecule has 24 heavy (non-hydrogen) atoms. The van der Waals surface area contributed by atoms with Crippen molar-refractivity contribution in [3.8, 4) is 0 Å². The quantitative estimate of drug-likeness (QED) is 0.648. The maximum Gasteiger partial charge on any atom is 0.272 e. The van der Waals surface area contributed by atoms with Gasteiger partial charge in [0.1, 0.15) is 6.04 Å². The summed E-state index contributed by atoms with van der Waals surface area (Å²) in [5.41, 5.74) is 0.800. The summed E-state index contributed by atoms with van der Waals surface area (Å²) in [6, 6.07) is 3.84. The highest BCUT2D eigenvalue weighted by molar-refractivity contribution is 7.99. The molecule has 1 N–H and O–H groups in total. The number of rotatable bonds is 5. The Kier molecular flexibility index (Phi) is 4.75. The predicted molar refractivity (Wildman–Crippen MR) is 90.8 cm³/mol. The fraction of sp³-hybridized carbons (Fsp3) is 0.500. The van der Waals surface area contributed by atoms with Gasteiger partial charge in [0.15, 0.2) is 0 Å². The predicted octanol–water partition coefficient (Wildman–Crippen LogP) is 1.94.